The number of hydrogen-bond acceptors (Lipinski definition) is 1. The van der Waals surface area contributed by atoms with Crippen LogP contribution in [0.15, 0.2) is 45.3 Å². The summed E-state index contributed by atoms with van der Waals surface area (Å²) in [7, 11) is 0. The molecule has 1 radical (unpaired) electrons. The molecule has 0 fully saturated rings. The number of nitrogens with zero attached hydrogens (tertiary/aromatic N) is 1. The summed E-state index contributed by atoms with van der Waals surface area (Å²) >= 11 is 6.97. The topological polar surface area (TPSA) is 12.9 Å². The van der Waals surface area contributed by atoms with Crippen molar-refractivity contribution in [2.75, 3.05) is 0 Å². The molecule has 0 aliphatic heterocycles. The van der Waals surface area contributed by atoms with E-state index in [1.807, 2.05) is 30.3 Å². The van der Waals surface area contributed by atoms with Crippen molar-refractivity contribution >= 4 is 31.9 Å². The Balaban J connectivity index is 2.58. The fourth-order valence-electron chi connectivity index (χ4n) is 1.18. The summed E-state index contributed by atoms with van der Waals surface area (Å²) in [4.78, 5) is 4.18. The predicted octanol–water partition coefficient (Wildman–Crippen LogP) is 4.07. The van der Waals surface area contributed by atoms with Crippen molar-refractivity contribution in [3.05, 3.63) is 51.5 Å². The van der Waals surface area contributed by atoms with E-state index in [-0.39, 0.29) is 0 Å². The van der Waals surface area contributed by atoms with E-state index < -0.39 is 0 Å². The monoisotopic (exact) mass is 310 g/mol. The number of benzene rings is 1. The molecule has 14 heavy (non-hydrogen) atoms. The minimum atomic E-state index is 0.917. The first-order valence-corrected chi connectivity index (χ1v) is 5.65. The minimum absolute atomic E-state index is 0.917. The van der Waals surface area contributed by atoms with Gasteiger partial charge < -0.3 is 0 Å². The summed E-state index contributed by atoms with van der Waals surface area (Å²) in [6.07, 6.45) is 2.82. The standard InChI is InChI=1S/C11H6Br2N/c12-9-5-3-4-8(11(9)13)10-6-1-2-7-14-10/h1-6H. The van der Waals surface area contributed by atoms with E-state index in [4.69, 9.17) is 0 Å². The molecular weight excluding hydrogens is 306 g/mol. The van der Waals surface area contributed by atoms with Crippen LogP contribution in [0, 0.1) is 6.20 Å². The number of rotatable bonds is 1. The Morgan fingerprint density at radius 1 is 1.07 bits per heavy atom. The maximum Gasteiger partial charge on any atom is 0.0893 e. The lowest BCUT2D eigenvalue weighted by Gasteiger charge is -2.04. The third-order valence-corrected chi connectivity index (χ3v) is 3.88. The van der Waals surface area contributed by atoms with Gasteiger partial charge in [-0.05, 0) is 50.1 Å². The van der Waals surface area contributed by atoms with Crippen LogP contribution in [0.4, 0.5) is 0 Å². The molecule has 0 aliphatic rings. The highest BCUT2D eigenvalue weighted by molar-refractivity contribution is 9.13. The molecule has 0 aliphatic carbocycles. The maximum absolute atomic E-state index is 4.18. The van der Waals surface area contributed by atoms with Gasteiger partial charge in [-0.2, -0.15) is 0 Å². The molecule has 1 heterocycles. The van der Waals surface area contributed by atoms with E-state index in [9.17, 15) is 0 Å². The van der Waals surface area contributed by atoms with E-state index in [0.717, 1.165) is 20.2 Å². The highest BCUT2D eigenvalue weighted by atomic mass is 79.9. The molecule has 0 spiro atoms. The van der Waals surface area contributed by atoms with Crippen LogP contribution in [0.3, 0.4) is 0 Å². The predicted molar refractivity (Wildman–Crippen MR) is 63.9 cm³/mol. The summed E-state index contributed by atoms with van der Waals surface area (Å²) in [6.45, 7) is 0. The van der Waals surface area contributed by atoms with Gasteiger partial charge in [0.25, 0.3) is 0 Å². The Bertz CT molecular complexity index is 440. The summed E-state index contributed by atoms with van der Waals surface area (Å²) in [6, 6.07) is 11.7. The van der Waals surface area contributed by atoms with Crippen LogP contribution in [0.1, 0.15) is 0 Å². The number of aromatic nitrogens is 1. The maximum atomic E-state index is 4.18. The van der Waals surface area contributed by atoms with Gasteiger partial charge in [0.15, 0.2) is 0 Å². The average molecular weight is 312 g/mol. The molecule has 2 aromatic rings. The van der Waals surface area contributed by atoms with E-state index in [1.54, 1.807) is 6.07 Å². The van der Waals surface area contributed by atoms with Crippen LogP contribution < -0.4 is 0 Å². The van der Waals surface area contributed by atoms with Crippen LogP contribution in [0.5, 0.6) is 0 Å². The van der Waals surface area contributed by atoms with Crippen LogP contribution in [-0.2, 0) is 0 Å². The van der Waals surface area contributed by atoms with Crippen molar-refractivity contribution in [3.63, 3.8) is 0 Å². The molecule has 0 amide bonds. The Hall–Kier alpha value is -0.670. The number of pyridine rings is 1. The first-order valence-electron chi connectivity index (χ1n) is 4.06. The molecule has 0 bridgehead atoms. The minimum Gasteiger partial charge on any atom is -0.246 e. The fraction of sp³-hybridized carbons (Fsp3) is 0. The second kappa shape index (κ2) is 4.24. The van der Waals surface area contributed by atoms with Crippen LogP contribution in [-0.4, -0.2) is 4.98 Å². The van der Waals surface area contributed by atoms with E-state index in [0.29, 0.717) is 0 Å². The molecule has 3 heteroatoms. The zero-order chi connectivity index (χ0) is 9.97. The van der Waals surface area contributed by atoms with Gasteiger partial charge in [0.05, 0.1) is 11.9 Å². The normalized spacial score (nSPS) is 10.1. The second-order valence-corrected chi connectivity index (χ2v) is 4.40. The van der Waals surface area contributed by atoms with Gasteiger partial charge in [-0.1, -0.05) is 18.2 Å². The molecule has 0 atom stereocenters. The third-order valence-electron chi connectivity index (χ3n) is 1.84. The summed E-state index contributed by atoms with van der Waals surface area (Å²) in [5.74, 6) is 0. The first-order chi connectivity index (χ1) is 6.79. The van der Waals surface area contributed by atoms with Crippen LogP contribution in [0.25, 0.3) is 11.3 Å². The fourth-order valence-corrected chi connectivity index (χ4v) is 2.01. The Morgan fingerprint density at radius 2 is 1.93 bits per heavy atom. The molecule has 69 valence electrons. The molecule has 0 unspecified atom stereocenters. The smallest absolute Gasteiger partial charge is 0.0893 e. The van der Waals surface area contributed by atoms with Crippen molar-refractivity contribution in [1.82, 2.24) is 4.98 Å². The number of halogens is 2. The molecule has 1 aromatic carbocycles. The molecular formula is C11H6Br2N. The molecule has 0 saturated heterocycles. The lowest BCUT2D eigenvalue weighted by atomic mass is 10.1. The van der Waals surface area contributed by atoms with Gasteiger partial charge in [0.1, 0.15) is 0 Å². The summed E-state index contributed by atoms with van der Waals surface area (Å²) in [5, 5.41) is 0. The van der Waals surface area contributed by atoms with Gasteiger partial charge in [-0.15, -0.1) is 0 Å². The van der Waals surface area contributed by atoms with Gasteiger partial charge in [0, 0.05) is 14.5 Å². The Kier molecular flexibility index (Phi) is 2.99. The largest absolute Gasteiger partial charge is 0.246 e. The first kappa shape index (κ1) is 9.87. The van der Waals surface area contributed by atoms with Crippen molar-refractivity contribution in [3.8, 4) is 11.3 Å². The van der Waals surface area contributed by atoms with E-state index in [1.165, 1.54) is 0 Å². The zero-order valence-electron chi connectivity index (χ0n) is 7.17. The van der Waals surface area contributed by atoms with Gasteiger partial charge in [-0.25, -0.2) is 4.98 Å². The van der Waals surface area contributed by atoms with Crippen molar-refractivity contribution in [2.45, 2.75) is 0 Å². The molecule has 2 rings (SSSR count). The highest BCUT2D eigenvalue weighted by Gasteiger charge is 2.05. The molecule has 0 N–H and O–H groups in total. The average Bonchev–Trinajstić information content (AvgIpc) is 2.23. The lowest BCUT2D eigenvalue weighted by molar-refractivity contribution is 1.30. The lowest BCUT2D eigenvalue weighted by Crippen LogP contribution is -1.84. The molecule has 1 aromatic heterocycles. The van der Waals surface area contributed by atoms with Gasteiger partial charge >= 0.3 is 0 Å². The summed E-state index contributed by atoms with van der Waals surface area (Å²) in [5.41, 5.74) is 1.98. The Morgan fingerprint density at radius 3 is 2.64 bits per heavy atom. The molecule has 1 nitrogen and oxygen atoms in total. The summed E-state index contributed by atoms with van der Waals surface area (Å²) < 4.78 is 2.05. The zero-order valence-corrected chi connectivity index (χ0v) is 10.3. The van der Waals surface area contributed by atoms with E-state index in [2.05, 4.69) is 43.0 Å². The second-order valence-electron chi connectivity index (χ2n) is 2.75. The highest BCUT2D eigenvalue weighted by Crippen LogP contribution is 2.32. The van der Waals surface area contributed by atoms with E-state index >= 15 is 0 Å². The SMILES string of the molecule is Brc1cccc(-c2ccc[c]n2)c1Br. The van der Waals surface area contributed by atoms with Gasteiger partial charge in [-0.3, -0.25) is 0 Å². The van der Waals surface area contributed by atoms with Gasteiger partial charge in [0.2, 0.25) is 0 Å². The van der Waals surface area contributed by atoms with Crippen LogP contribution in [0.2, 0.25) is 0 Å². The van der Waals surface area contributed by atoms with Crippen molar-refractivity contribution in [2.24, 2.45) is 0 Å². The van der Waals surface area contributed by atoms with Crippen LogP contribution >= 0.6 is 31.9 Å². The molecule has 0 saturated carbocycles. The third kappa shape index (κ3) is 1.88. The van der Waals surface area contributed by atoms with Crippen molar-refractivity contribution < 1.29 is 0 Å². The Labute approximate surface area is 99.4 Å². The number of hydrogen-bond donors (Lipinski definition) is 0. The quantitative estimate of drug-likeness (QED) is 0.773. The van der Waals surface area contributed by atoms with Crippen molar-refractivity contribution in [1.29, 1.82) is 0 Å².